The number of halogens is 2. The van der Waals surface area contributed by atoms with Crippen LogP contribution in [0.3, 0.4) is 0 Å². The molecule has 0 aliphatic carbocycles. The Labute approximate surface area is 121 Å². The molecule has 2 aromatic carbocycles. The van der Waals surface area contributed by atoms with E-state index in [0.29, 0.717) is 11.6 Å². The van der Waals surface area contributed by atoms with Crippen LogP contribution in [0.1, 0.15) is 22.7 Å². The molecule has 0 saturated carbocycles. The number of ether oxygens (including phenoxy) is 1. The second-order valence-corrected chi connectivity index (χ2v) is 5.11. The average molecular weight is 293 g/mol. The molecule has 0 fully saturated rings. The lowest BCUT2D eigenvalue weighted by atomic mass is 9.96. The fourth-order valence-electron chi connectivity index (χ4n) is 2.55. The van der Waals surface area contributed by atoms with Crippen molar-refractivity contribution in [1.82, 2.24) is 5.43 Å². The predicted octanol–water partition coefficient (Wildman–Crippen LogP) is 2.97. The van der Waals surface area contributed by atoms with Gasteiger partial charge in [0.15, 0.2) is 0 Å². The van der Waals surface area contributed by atoms with Crippen molar-refractivity contribution in [3.8, 4) is 5.75 Å². The summed E-state index contributed by atoms with van der Waals surface area (Å²) in [6, 6.07) is 9.89. The van der Waals surface area contributed by atoms with Crippen LogP contribution in [0.4, 0.5) is 4.39 Å². The van der Waals surface area contributed by atoms with Crippen molar-refractivity contribution in [2.45, 2.75) is 12.5 Å². The number of nitrogens with one attached hydrogen (secondary N) is 1. The molecule has 1 aliphatic rings. The molecule has 0 radical (unpaired) electrons. The van der Waals surface area contributed by atoms with Gasteiger partial charge >= 0.3 is 0 Å². The Balaban J connectivity index is 2.09. The fraction of sp³-hybridized carbons (Fsp3) is 0.200. The lowest BCUT2D eigenvalue weighted by molar-refractivity contribution is 0.350. The van der Waals surface area contributed by atoms with Crippen molar-refractivity contribution in [2.75, 3.05) is 6.61 Å². The molecule has 1 atom stereocenters. The summed E-state index contributed by atoms with van der Waals surface area (Å²) in [5.41, 5.74) is 5.53. The smallest absolute Gasteiger partial charge is 0.127 e. The van der Waals surface area contributed by atoms with Gasteiger partial charge in [-0.3, -0.25) is 5.84 Å². The first-order chi connectivity index (χ1) is 9.70. The standard InChI is InChI=1S/C15H14ClFN2O/c16-13-8-10(17)4-5-11(13)14(19-18)12-3-1-2-9-6-7-20-15(9)12/h1-5,8,14,19H,6-7,18H2. The number of para-hydroxylation sites is 1. The Morgan fingerprint density at radius 2 is 2.10 bits per heavy atom. The molecular weight excluding hydrogens is 279 g/mol. The highest BCUT2D eigenvalue weighted by molar-refractivity contribution is 6.31. The first-order valence-corrected chi connectivity index (χ1v) is 6.74. The number of hydrazine groups is 1. The third-order valence-corrected chi connectivity index (χ3v) is 3.82. The summed E-state index contributed by atoms with van der Waals surface area (Å²) >= 11 is 6.13. The van der Waals surface area contributed by atoms with Gasteiger partial charge in [-0.15, -0.1) is 0 Å². The van der Waals surface area contributed by atoms with E-state index in [1.807, 2.05) is 18.2 Å². The molecular formula is C15H14ClFN2O. The van der Waals surface area contributed by atoms with Gasteiger partial charge in [-0.2, -0.15) is 0 Å². The van der Waals surface area contributed by atoms with E-state index in [2.05, 4.69) is 5.43 Å². The lowest BCUT2D eigenvalue weighted by Gasteiger charge is -2.20. The van der Waals surface area contributed by atoms with Crippen LogP contribution >= 0.6 is 11.6 Å². The molecule has 1 heterocycles. The number of hydrogen-bond donors (Lipinski definition) is 2. The van der Waals surface area contributed by atoms with E-state index in [1.54, 1.807) is 6.07 Å². The molecule has 0 bridgehead atoms. The number of nitrogens with two attached hydrogens (primary N) is 1. The van der Waals surface area contributed by atoms with Crippen molar-refractivity contribution in [2.24, 2.45) is 5.84 Å². The zero-order chi connectivity index (χ0) is 14.1. The fourth-order valence-corrected chi connectivity index (χ4v) is 2.83. The van der Waals surface area contributed by atoms with E-state index in [4.69, 9.17) is 22.2 Å². The number of hydrogen-bond acceptors (Lipinski definition) is 3. The number of fused-ring (bicyclic) bond motifs is 1. The van der Waals surface area contributed by atoms with E-state index < -0.39 is 0 Å². The Hall–Kier alpha value is -1.62. The van der Waals surface area contributed by atoms with E-state index in [9.17, 15) is 4.39 Å². The second-order valence-electron chi connectivity index (χ2n) is 4.70. The van der Waals surface area contributed by atoms with Crippen LogP contribution in [0.2, 0.25) is 5.02 Å². The van der Waals surface area contributed by atoms with Crippen LogP contribution in [0, 0.1) is 5.82 Å². The summed E-state index contributed by atoms with van der Waals surface area (Å²) in [6.07, 6.45) is 0.887. The summed E-state index contributed by atoms with van der Waals surface area (Å²) < 4.78 is 18.9. The van der Waals surface area contributed by atoms with E-state index >= 15 is 0 Å². The van der Waals surface area contributed by atoms with Gasteiger partial charge in [0.25, 0.3) is 0 Å². The molecule has 0 aromatic heterocycles. The monoisotopic (exact) mass is 292 g/mol. The van der Waals surface area contributed by atoms with Crippen LogP contribution in [0.5, 0.6) is 5.75 Å². The van der Waals surface area contributed by atoms with Gasteiger partial charge in [0.2, 0.25) is 0 Å². The van der Waals surface area contributed by atoms with E-state index in [1.165, 1.54) is 12.1 Å². The Kier molecular flexibility index (Phi) is 3.61. The molecule has 1 unspecified atom stereocenters. The van der Waals surface area contributed by atoms with Crippen LogP contribution in [0.25, 0.3) is 0 Å². The zero-order valence-corrected chi connectivity index (χ0v) is 11.5. The number of rotatable bonds is 3. The SMILES string of the molecule is NNC(c1ccc(F)cc1Cl)c1cccc2c1OCC2. The normalized spacial score (nSPS) is 14.8. The molecule has 3 nitrogen and oxygen atoms in total. The highest BCUT2D eigenvalue weighted by atomic mass is 35.5. The van der Waals surface area contributed by atoms with Crippen molar-refractivity contribution < 1.29 is 9.13 Å². The molecule has 1 aliphatic heterocycles. The Bertz CT molecular complexity index is 648. The summed E-state index contributed by atoms with van der Waals surface area (Å²) in [5.74, 6) is 6.15. The first-order valence-electron chi connectivity index (χ1n) is 6.36. The minimum absolute atomic E-state index is 0.337. The minimum Gasteiger partial charge on any atom is -0.493 e. The van der Waals surface area contributed by atoms with Gasteiger partial charge in [0.05, 0.1) is 12.6 Å². The summed E-state index contributed by atoms with van der Waals surface area (Å²) in [5, 5.41) is 0.337. The third kappa shape index (κ3) is 2.26. The minimum atomic E-state index is -0.371. The first kappa shape index (κ1) is 13.4. The number of benzene rings is 2. The Morgan fingerprint density at radius 1 is 1.25 bits per heavy atom. The van der Waals surface area contributed by atoms with Crippen LogP contribution in [-0.4, -0.2) is 6.61 Å². The summed E-state index contributed by atoms with van der Waals surface area (Å²) in [4.78, 5) is 0. The molecule has 0 saturated heterocycles. The van der Waals surface area contributed by atoms with Gasteiger partial charge in [0, 0.05) is 17.0 Å². The molecule has 0 spiro atoms. The molecule has 2 aromatic rings. The van der Waals surface area contributed by atoms with E-state index in [0.717, 1.165) is 28.9 Å². The maximum Gasteiger partial charge on any atom is 0.127 e. The van der Waals surface area contributed by atoms with Crippen LogP contribution < -0.4 is 16.0 Å². The van der Waals surface area contributed by atoms with Crippen molar-refractivity contribution in [1.29, 1.82) is 0 Å². The lowest BCUT2D eigenvalue weighted by Crippen LogP contribution is -2.29. The Morgan fingerprint density at radius 3 is 2.85 bits per heavy atom. The van der Waals surface area contributed by atoms with Gasteiger partial charge in [-0.25, -0.2) is 9.82 Å². The van der Waals surface area contributed by atoms with Gasteiger partial charge < -0.3 is 4.74 Å². The summed E-state index contributed by atoms with van der Waals surface area (Å²) in [6.45, 7) is 0.667. The third-order valence-electron chi connectivity index (χ3n) is 3.50. The molecule has 104 valence electrons. The topological polar surface area (TPSA) is 47.3 Å². The molecule has 3 N–H and O–H groups in total. The maximum absolute atomic E-state index is 13.2. The van der Waals surface area contributed by atoms with Gasteiger partial charge in [-0.05, 0) is 23.3 Å². The quantitative estimate of drug-likeness (QED) is 0.675. The maximum atomic E-state index is 13.2. The van der Waals surface area contributed by atoms with Crippen LogP contribution in [0.15, 0.2) is 36.4 Å². The summed E-state index contributed by atoms with van der Waals surface area (Å²) in [7, 11) is 0. The molecule has 5 heteroatoms. The largest absolute Gasteiger partial charge is 0.493 e. The van der Waals surface area contributed by atoms with Crippen molar-refractivity contribution >= 4 is 11.6 Å². The van der Waals surface area contributed by atoms with Crippen molar-refractivity contribution in [3.63, 3.8) is 0 Å². The van der Waals surface area contributed by atoms with E-state index in [-0.39, 0.29) is 11.9 Å². The zero-order valence-electron chi connectivity index (χ0n) is 10.7. The van der Waals surface area contributed by atoms with Crippen LogP contribution in [-0.2, 0) is 6.42 Å². The highest BCUT2D eigenvalue weighted by Gasteiger charge is 2.24. The average Bonchev–Trinajstić information content (AvgIpc) is 2.91. The molecule has 20 heavy (non-hydrogen) atoms. The van der Waals surface area contributed by atoms with Crippen molar-refractivity contribution in [3.05, 3.63) is 63.9 Å². The highest BCUT2D eigenvalue weighted by Crippen LogP contribution is 2.37. The van der Waals surface area contributed by atoms with Gasteiger partial charge in [0.1, 0.15) is 11.6 Å². The van der Waals surface area contributed by atoms with Gasteiger partial charge in [-0.1, -0.05) is 35.9 Å². The second kappa shape index (κ2) is 5.40. The molecule has 0 amide bonds. The molecule has 3 rings (SSSR count). The predicted molar refractivity (Wildman–Crippen MR) is 76.2 cm³/mol.